The third kappa shape index (κ3) is 4.16. The molecule has 0 spiro atoms. The van der Waals surface area contributed by atoms with Gasteiger partial charge in [-0.3, -0.25) is 14.2 Å². The molecule has 1 N–H and O–H groups in total. The molecule has 0 radical (unpaired) electrons. The Bertz CT molecular complexity index is 1280. The van der Waals surface area contributed by atoms with Crippen molar-refractivity contribution in [2.45, 2.75) is 12.1 Å². The number of rotatable bonds is 6. The summed E-state index contributed by atoms with van der Waals surface area (Å²) in [5.41, 5.74) is 1.20. The van der Waals surface area contributed by atoms with Crippen LogP contribution in [0.1, 0.15) is 6.92 Å². The van der Waals surface area contributed by atoms with Gasteiger partial charge in [0.2, 0.25) is 5.91 Å². The maximum atomic E-state index is 12.8. The van der Waals surface area contributed by atoms with Gasteiger partial charge in [0.1, 0.15) is 5.75 Å². The lowest BCUT2D eigenvalue weighted by molar-refractivity contribution is -0.113. The molecule has 6 nitrogen and oxygen atoms in total. The van der Waals surface area contributed by atoms with Crippen LogP contribution in [-0.2, 0) is 11.8 Å². The molecule has 1 amide bonds. The minimum absolute atomic E-state index is 0.125. The summed E-state index contributed by atoms with van der Waals surface area (Å²) in [4.78, 5) is 29.8. The lowest BCUT2D eigenvalue weighted by Gasteiger charge is -2.10. The van der Waals surface area contributed by atoms with Gasteiger partial charge in [-0.1, -0.05) is 36.0 Å². The number of nitrogens with zero attached hydrogens (tertiary/aromatic N) is 2. The lowest BCUT2D eigenvalue weighted by Crippen LogP contribution is -2.21. The number of ether oxygens (including phenoxy) is 1. The zero-order valence-electron chi connectivity index (χ0n) is 16.7. The predicted octanol–water partition coefficient (Wildman–Crippen LogP) is 4.22. The summed E-state index contributed by atoms with van der Waals surface area (Å²) in [6.07, 6.45) is 0. The molecular weight excluding hydrogens is 398 g/mol. The highest BCUT2D eigenvalue weighted by Gasteiger charge is 2.12. The summed E-state index contributed by atoms with van der Waals surface area (Å²) >= 11 is 1.24. The van der Waals surface area contributed by atoms with E-state index in [2.05, 4.69) is 10.3 Å². The highest BCUT2D eigenvalue weighted by Crippen LogP contribution is 2.22. The fourth-order valence-corrected chi connectivity index (χ4v) is 3.97. The molecule has 0 bridgehead atoms. The van der Waals surface area contributed by atoms with Crippen LogP contribution in [0.2, 0.25) is 0 Å². The predicted molar refractivity (Wildman–Crippen MR) is 121 cm³/mol. The Hall–Kier alpha value is -3.32. The maximum absolute atomic E-state index is 12.8. The maximum Gasteiger partial charge on any atom is 0.261 e. The van der Waals surface area contributed by atoms with Crippen molar-refractivity contribution in [2.75, 3.05) is 17.7 Å². The van der Waals surface area contributed by atoms with Gasteiger partial charge in [-0.25, -0.2) is 4.98 Å². The molecule has 7 heteroatoms. The number of fused-ring (bicyclic) bond motifs is 2. The molecule has 152 valence electrons. The van der Waals surface area contributed by atoms with Crippen LogP contribution in [0.3, 0.4) is 0 Å². The molecule has 0 atom stereocenters. The number of nitrogens with one attached hydrogen (secondary N) is 1. The summed E-state index contributed by atoms with van der Waals surface area (Å²) in [7, 11) is 1.68. The monoisotopic (exact) mass is 419 g/mol. The quantitative estimate of drug-likeness (QED) is 0.288. The highest BCUT2D eigenvalue weighted by molar-refractivity contribution is 7.99. The molecule has 30 heavy (non-hydrogen) atoms. The molecule has 0 saturated carbocycles. The van der Waals surface area contributed by atoms with Gasteiger partial charge < -0.3 is 10.1 Å². The van der Waals surface area contributed by atoms with Crippen LogP contribution in [0.5, 0.6) is 5.75 Å². The van der Waals surface area contributed by atoms with Crippen LogP contribution >= 0.6 is 11.8 Å². The Morgan fingerprint density at radius 2 is 1.80 bits per heavy atom. The number of carbonyl (C=O) groups is 1. The summed E-state index contributed by atoms with van der Waals surface area (Å²) in [6.45, 7) is 2.51. The van der Waals surface area contributed by atoms with Crippen LogP contribution in [-0.4, -0.2) is 27.8 Å². The van der Waals surface area contributed by atoms with E-state index in [1.54, 1.807) is 19.2 Å². The van der Waals surface area contributed by atoms with Crippen molar-refractivity contribution in [2.24, 2.45) is 7.05 Å². The van der Waals surface area contributed by atoms with Crippen LogP contribution in [0, 0.1) is 0 Å². The first-order chi connectivity index (χ1) is 14.5. The van der Waals surface area contributed by atoms with Crippen LogP contribution in [0.15, 0.2) is 70.6 Å². The van der Waals surface area contributed by atoms with E-state index < -0.39 is 0 Å². The van der Waals surface area contributed by atoms with E-state index in [-0.39, 0.29) is 17.2 Å². The van der Waals surface area contributed by atoms with E-state index in [0.29, 0.717) is 28.4 Å². The summed E-state index contributed by atoms with van der Waals surface area (Å²) < 4.78 is 6.89. The second-order valence-corrected chi connectivity index (χ2v) is 7.71. The fourth-order valence-electron chi connectivity index (χ4n) is 3.20. The van der Waals surface area contributed by atoms with Gasteiger partial charge in [0.15, 0.2) is 5.16 Å². The molecule has 0 unspecified atom stereocenters. The first kappa shape index (κ1) is 20.0. The number of benzene rings is 3. The Balaban J connectivity index is 1.51. The second kappa shape index (κ2) is 8.59. The van der Waals surface area contributed by atoms with Crippen molar-refractivity contribution >= 4 is 45.0 Å². The topological polar surface area (TPSA) is 73.2 Å². The van der Waals surface area contributed by atoms with Crippen molar-refractivity contribution in [3.05, 3.63) is 71.0 Å². The number of hydrogen-bond donors (Lipinski definition) is 1. The Kier molecular flexibility index (Phi) is 5.72. The van der Waals surface area contributed by atoms with E-state index in [0.717, 1.165) is 16.5 Å². The molecule has 4 aromatic rings. The van der Waals surface area contributed by atoms with Gasteiger partial charge in [0.05, 0.1) is 23.3 Å². The van der Waals surface area contributed by atoms with Gasteiger partial charge in [-0.15, -0.1) is 0 Å². The number of amides is 1. The second-order valence-electron chi connectivity index (χ2n) is 6.77. The van der Waals surface area contributed by atoms with E-state index in [9.17, 15) is 9.59 Å². The third-order valence-corrected chi connectivity index (χ3v) is 5.71. The lowest BCUT2D eigenvalue weighted by atomic mass is 10.1. The number of aromatic nitrogens is 2. The van der Waals surface area contributed by atoms with Crippen LogP contribution in [0.25, 0.3) is 21.7 Å². The summed E-state index contributed by atoms with van der Waals surface area (Å²) in [5.74, 6) is 0.733. The van der Waals surface area contributed by atoms with Gasteiger partial charge in [0.25, 0.3) is 5.56 Å². The standard InChI is InChI=1S/C23H21N3O3S/c1-3-29-18-10-8-17(9-11-18)24-21(27)14-30-23-25-20-13-16-7-5-4-6-15(16)12-19(20)22(28)26(23)2/h4-13H,3,14H2,1-2H3,(H,24,27). The first-order valence-corrected chi connectivity index (χ1v) is 10.6. The SMILES string of the molecule is CCOc1ccc(NC(=O)CSc2nc3cc4ccccc4cc3c(=O)n2C)cc1. The third-order valence-electron chi connectivity index (χ3n) is 4.68. The normalized spacial score (nSPS) is 11.0. The summed E-state index contributed by atoms with van der Waals surface area (Å²) in [6, 6.07) is 18.9. The highest BCUT2D eigenvalue weighted by atomic mass is 32.2. The molecule has 4 rings (SSSR count). The molecule has 1 aromatic heterocycles. The Morgan fingerprint density at radius 3 is 2.50 bits per heavy atom. The molecule has 0 saturated heterocycles. The van der Waals surface area contributed by atoms with Gasteiger partial charge >= 0.3 is 0 Å². The minimum Gasteiger partial charge on any atom is -0.494 e. The average molecular weight is 420 g/mol. The number of thioether (sulfide) groups is 1. The number of hydrogen-bond acceptors (Lipinski definition) is 5. The summed E-state index contributed by atoms with van der Waals surface area (Å²) in [5, 5.41) is 5.94. The molecule has 3 aromatic carbocycles. The van der Waals surface area contributed by atoms with E-state index in [1.165, 1.54) is 16.3 Å². The zero-order chi connectivity index (χ0) is 21.1. The van der Waals surface area contributed by atoms with Crippen molar-refractivity contribution < 1.29 is 9.53 Å². The zero-order valence-corrected chi connectivity index (χ0v) is 17.5. The largest absolute Gasteiger partial charge is 0.494 e. The molecular formula is C23H21N3O3S. The van der Waals surface area contributed by atoms with E-state index in [1.807, 2.05) is 55.5 Å². The van der Waals surface area contributed by atoms with Crippen LogP contribution < -0.4 is 15.6 Å². The Morgan fingerprint density at radius 1 is 1.10 bits per heavy atom. The first-order valence-electron chi connectivity index (χ1n) is 9.60. The van der Waals surface area contributed by atoms with Crippen LogP contribution in [0.4, 0.5) is 5.69 Å². The smallest absolute Gasteiger partial charge is 0.261 e. The van der Waals surface area contributed by atoms with Gasteiger partial charge in [-0.05, 0) is 54.1 Å². The molecule has 0 aliphatic rings. The Labute approximate surface area is 177 Å². The molecule has 0 fully saturated rings. The molecule has 0 aliphatic carbocycles. The van der Waals surface area contributed by atoms with Gasteiger partial charge in [0, 0.05) is 12.7 Å². The van der Waals surface area contributed by atoms with Gasteiger partial charge in [-0.2, -0.15) is 0 Å². The number of anilines is 1. The van der Waals surface area contributed by atoms with Crippen molar-refractivity contribution in [1.82, 2.24) is 9.55 Å². The molecule has 1 heterocycles. The molecule has 0 aliphatic heterocycles. The average Bonchev–Trinajstić information content (AvgIpc) is 2.76. The number of carbonyl (C=O) groups excluding carboxylic acids is 1. The fraction of sp³-hybridized carbons (Fsp3) is 0.174. The van der Waals surface area contributed by atoms with E-state index >= 15 is 0 Å². The van der Waals surface area contributed by atoms with Crippen molar-refractivity contribution in [3.63, 3.8) is 0 Å². The van der Waals surface area contributed by atoms with Crippen molar-refractivity contribution in [1.29, 1.82) is 0 Å². The van der Waals surface area contributed by atoms with E-state index in [4.69, 9.17) is 4.74 Å². The van der Waals surface area contributed by atoms with Crippen molar-refractivity contribution in [3.8, 4) is 5.75 Å². The minimum atomic E-state index is -0.169.